The highest BCUT2D eigenvalue weighted by atomic mass is 16.5. The van der Waals surface area contributed by atoms with Crippen LogP contribution >= 0.6 is 0 Å². The first kappa shape index (κ1) is 18.3. The lowest BCUT2D eigenvalue weighted by Gasteiger charge is -2.16. The number of aromatic nitrogens is 1. The Morgan fingerprint density at radius 3 is 2.68 bits per heavy atom. The Kier molecular flexibility index (Phi) is 5.16. The van der Waals surface area contributed by atoms with E-state index in [0.717, 1.165) is 52.3 Å². The lowest BCUT2D eigenvalue weighted by Crippen LogP contribution is -2.12. The largest absolute Gasteiger partial charge is 0.508 e. The Morgan fingerprint density at radius 2 is 1.86 bits per heavy atom. The molecule has 1 N–H and O–H groups in total. The summed E-state index contributed by atoms with van der Waals surface area (Å²) < 4.78 is 6.19. The van der Waals surface area contributed by atoms with Gasteiger partial charge in [0.15, 0.2) is 0 Å². The summed E-state index contributed by atoms with van der Waals surface area (Å²) in [7, 11) is 0. The summed E-state index contributed by atoms with van der Waals surface area (Å²) in [5.41, 5.74) is 3.37. The highest BCUT2D eigenvalue weighted by molar-refractivity contribution is 6.07. The Morgan fingerprint density at radius 1 is 1.04 bits per heavy atom. The molecule has 0 fully saturated rings. The number of hydrogen-bond acceptors (Lipinski definition) is 3. The highest BCUT2D eigenvalue weighted by Crippen LogP contribution is 2.32. The molecule has 3 aromatic carbocycles. The van der Waals surface area contributed by atoms with Crippen molar-refractivity contribution < 1.29 is 9.84 Å². The number of pyridine rings is 1. The Labute approximate surface area is 165 Å². The number of nitrogens with zero attached hydrogens (tertiary/aromatic N) is 1. The minimum absolute atomic E-state index is 0.144. The van der Waals surface area contributed by atoms with Gasteiger partial charge in [-0.05, 0) is 73.9 Å². The van der Waals surface area contributed by atoms with Gasteiger partial charge in [-0.15, -0.1) is 0 Å². The molecule has 0 radical (unpaired) electrons. The van der Waals surface area contributed by atoms with Gasteiger partial charge in [-0.25, -0.2) is 0 Å². The number of ether oxygens (including phenoxy) is 1. The predicted octanol–water partition coefficient (Wildman–Crippen LogP) is 6.19. The van der Waals surface area contributed by atoms with Crippen LogP contribution in [0.5, 0.6) is 11.5 Å². The van der Waals surface area contributed by atoms with E-state index in [-0.39, 0.29) is 11.9 Å². The normalized spacial score (nSPS) is 12.4. The molecular weight excluding hydrogens is 346 g/mol. The van der Waals surface area contributed by atoms with E-state index in [0.29, 0.717) is 0 Å². The van der Waals surface area contributed by atoms with Crippen molar-refractivity contribution in [3.8, 4) is 11.5 Å². The number of hydrogen-bond donors (Lipinski definition) is 1. The monoisotopic (exact) mass is 371 g/mol. The standard InChI is InChI=1S/C25H25NO2/c1-17-13-22(28-18(2)7-6-10-19-8-4-3-5-9-19)15-24-25(17)23-14-21(27)12-11-20(23)16-26-24/h3-5,8-9,11-16,18,27H,6-7,10H2,1-2H3. The molecule has 4 aromatic rings. The summed E-state index contributed by atoms with van der Waals surface area (Å²) in [5, 5.41) is 13.0. The fraction of sp³-hybridized carbons (Fsp3) is 0.240. The maximum Gasteiger partial charge on any atom is 0.122 e. The zero-order chi connectivity index (χ0) is 19.5. The fourth-order valence-electron chi connectivity index (χ4n) is 3.80. The van der Waals surface area contributed by atoms with Crippen LogP contribution in [0.25, 0.3) is 21.7 Å². The van der Waals surface area contributed by atoms with Crippen LogP contribution in [0.1, 0.15) is 30.9 Å². The highest BCUT2D eigenvalue weighted by Gasteiger charge is 2.10. The van der Waals surface area contributed by atoms with Crippen LogP contribution in [-0.4, -0.2) is 16.2 Å². The quantitative estimate of drug-likeness (QED) is 0.411. The Bertz CT molecular complexity index is 1110. The number of aromatic hydroxyl groups is 1. The third kappa shape index (κ3) is 3.94. The number of fused-ring (bicyclic) bond motifs is 3. The summed E-state index contributed by atoms with van der Waals surface area (Å²) in [5.74, 6) is 1.12. The van der Waals surface area contributed by atoms with Crippen molar-refractivity contribution in [3.05, 3.63) is 78.0 Å². The predicted molar refractivity (Wildman–Crippen MR) is 115 cm³/mol. The van der Waals surface area contributed by atoms with E-state index in [9.17, 15) is 5.11 Å². The van der Waals surface area contributed by atoms with Gasteiger partial charge < -0.3 is 9.84 Å². The minimum atomic E-state index is 0.144. The Balaban J connectivity index is 1.50. The zero-order valence-corrected chi connectivity index (χ0v) is 16.4. The molecule has 4 rings (SSSR count). The topological polar surface area (TPSA) is 42.4 Å². The smallest absolute Gasteiger partial charge is 0.122 e. The number of benzene rings is 3. The molecular formula is C25H25NO2. The first-order chi connectivity index (χ1) is 13.6. The molecule has 0 spiro atoms. The molecule has 1 atom stereocenters. The molecule has 0 amide bonds. The van der Waals surface area contributed by atoms with E-state index in [2.05, 4.69) is 55.2 Å². The lowest BCUT2D eigenvalue weighted by molar-refractivity contribution is 0.208. The number of phenolic OH excluding ortho intramolecular Hbond substituents is 1. The van der Waals surface area contributed by atoms with E-state index in [4.69, 9.17) is 4.74 Å². The van der Waals surface area contributed by atoms with Crippen molar-refractivity contribution in [1.82, 2.24) is 4.98 Å². The zero-order valence-electron chi connectivity index (χ0n) is 16.4. The number of rotatable bonds is 6. The van der Waals surface area contributed by atoms with Crippen molar-refractivity contribution in [2.75, 3.05) is 0 Å². The maximum atomic E-state index is 9.87. The molecule has 0 saturated carbocycles. The van der Waals surface area contributed by atoms with Crippen molar-refractivity contribution in [3.63, 3.8) is 0 Å². The number of aryl methyl sites for hydroxylation is 2. The third-order valence-electron chi connectivity index (χ3n) is 5.19. The minimum Gasteiger partial charge on any atom is -0.508 e. The van der Waals surface area contributed by atoms with Gasteiger partial charge in [-0.3, -0.25) is 4.98 Å². The molecule has 0 saturated heterocycles. The van der Waals surface area contributed by atoms with Gasteiger partial charge in [-0.1, -0.05) is 30.3 Å². The van der Waals surface area contributed by atoms with Crippen LogP contribution in [0.3, 0.4) is 0 Å². The molecule has 0 aliphatic carbocycles. The first-order valence-corrected chi connectivity index (χ1v) is 9.83. The first-order valence-electron chi connectivity index (χ1n) is 9.83. The van der Waals surface area contributed by atoms with Crippen LogP contribution in [0.4, 0.5) is 0 Å². The van der Waals surface area contributed by atoms with Crippen molar-refractivity contribution in [1.29, 1.82) is 0 Å². The summed E-state index contributed by atoms with van der Waals surface area (Å²) in [4.78, 5) is 4.61. The van der Waals surface area contributed by atoms with Gasteiger partial charge in [0.05, 0.1) is 11.6 Å². The molecule has 0 aliphatic rings. The van der Waals surface area contributed by atoms with Gasteiger partial charge in [0.25, 0.3) is 0 Å². The second-order valence-corrected chi connectivity index (χ2v) is 7.47. The molecule has 1 aromatic heterocycles. The van der Waals surface area contributed by atoms with Crippen LogP contribution in [-0.2, 0) is 6.42 Å². The summed E-state index contributed by atoms with van der Waals surface area (Å²) >= 11 is 0. The van der Waals surface area contributed by atoms with E-state index in [1.807, 2.05) is 18.3 Å². The van der Waals surface area contributed by atoms with E-state index < -0.39 is 0 Å². The molecule has 142 valence electrons. The SMILES string of the molecule is Cc1cc(OC(C)CCCc2ccccc2)cc2ncc3ccc(O)cc3c12. The molecule has 3 nitrogen and oxygen atoms in total. The lowest BCUT2D eigenvalue weighted by atomic mass is 10.0. The molecule has 3 heteroatoms. The fourth-order valence-corrected chi connectivity index (χ4v) is 3.80. The second kappa shape index (κ2) is 7.89. The summed E-state index contributed by atoms with van der Waals surface area (Å²) in [6.07, 6.45) is 5.17. The average molecular weight is 371 g/mol. The van der Waals surface area contributed by atoms with Crippen molar-refractivity contribution >= 4 is 21.7 Å². The Hall–Kier alpha value is -3.07. The van der Waals surface area contributed by atoms with E-state index >= 15 is 0 Å². The van der Waals surface area contributed by atoms with Gasteiger partial charge in [0.2, 0.25) is 0 Å². The molecule has 28 heavy (non-hydrogen) atoms. The van der Waals surface area contributed by atoms with Gasteiger partial charge in [0, 0.05) is 23.0 Å². The van der Waals surface area contributed by atoms with Crippen molar-refractivity contribution in [2.45, 2.75) is 39.2 Å². The molecule has 0 aliphatic heterocycles. The van der Waals surface area contributed by atoms with Crippen LogP contribution in [0, 0.1) is 6.92 Å². The molecule has 1 heterocycles. The van der Waals surface area contributed by atoms with Gasteiger partial charge in [-0.2, -0.15) is 0 Å². The van der Waals surface area contributed by atoms with Gasteiger partial charge in [0.1, 0.15) is 11.5 Å². The summed E-state index contributed by atoms with van der Waals surface area (Å²) in [6.45, 7) is 4.19. The third-order valence-corrected chi connectivity index (χ3v) is 5.19. The molecule has 0 bridgehead atoms. The van der Waals surface area contributed by atoms with Crippen LogP contribution in [0.15, 0.2) is 66.9 Å². The van der Waals surface area contributed by atoms with Crippen LogP contribution in [0.2, 0.25) is 0 Å². The number of phenols is 1. The summed E-state index contributed by atoms with van der Waals surface area (Å²) in [6, 6.07) is 20.0. The van der Waals surface area contributed by atoms with Gasteiger partial charge >= 0.3 is 0 Å². The average Bonchev–Trinajstić information content (AvgIpc) is 2.68. The molecule has 1 unspecified atom stereocenters. The van der Waals surface area contributed by atoms with Crippen molar-refractivity contribution in [2.24, 2.45) is 0 Å². The van der Waals surface area contributed by atoms with E-state index in [1.165, 1.54) is 5.56 Å². The van der Waals surface area contributed by atoms with Crippen LogP contribution < -0.4 is 4.74 Å². The second-order valence-electron chi connectivity index (χ2n) is 7.47. The van der Waals surface area contributed by atoms with E-state index in [1.54, 1.807) is 12.1 Å². The maximum absolute atomic E-state index is 9.87.